The minimum Gasteiger partial charge on any atom is -0.497 e. The number of nitrogens with zero attached hydrogens (tertiary/aromatic N) is 5. The van der Waals surface area contributed by atoms with Gasteiger partial charge in [0.2, 0.25) is 0 Å². The molecule has 1 saturated carbocycles. The summed E-state index contributed by atoms with van der Waals surface area (Å²) in [5.41, 5.74) is 2.16. The number of hydrogen-bond donors (Lipinski definition) is 0. The van der Waals surface area contributed by atoms with Gasteiger partial charge in [0.15, 0.2) is 11.5 Å². The monoisotopic (exact) mass is 349 g/mol. The Morgan fingerprint density at radius 3 is 2.88 bits per heavy atom. The molecule has 2 aromatic heterocycles. The number of ether oxygens (including phenoxy) is 1. The van der Waals surface area contributed by atoms with Gasteiger partial charge >= 0.3 is 0 Å². The Hall–Kier alpha value is -2.63. The number of anilines is 1. The van der Waals surface area contributed by atoms with E-state index in [4.69, 9.17) is 9.84 Å². The first-order chi connectivity index (χ1) is 12.8. The van der Waals surface area contributed by atoms with Crippen molar-refractivity contribution in [2.75, 3.05) is 18.6 Å². The first-order valence-corrected chi connectivity index (χ1v) is 9.44. The van der Waals surface area contributed by atoms with Gasteiger partial charge in [-0.15, -0.1) is 15.3 Å². The Morgan fingerprint density at radius 2 is 2.04 bits per heavy atom. The number of benzene rings is 1. The molecule has 0 spiro atoms. The summed E-state index contributed by atoms with van der Waals surface area (Å²) in [4.78, 5) is 2.44. The molecule has 6 nitrogen and oxygen atoms in total. The highest BCUT2D eigenvalue weighted by Crippen LogP contribution is 2.39. The predicted octanol–water partition coefficient (Wildman–Crippen LogP) is 3.22. The molecule has 1 saturated heterocycles. The summed E-state index contributed by atoms with van der Waals surface area (Å²) in [6, 6.07) is 13.0. The van der Waals surface area contributed by atoms with Crippen molar-refractivity contribution in [2.45, 2.75) is 44.1 Å². The maximum atomic E-state index is 5.37. The molecule has 3 aromatic rings. The van der Waals surface area contributed by atoms with Crippen LogP contribution in [0.4, 0.5) is 5.82 Å². The molecule has 5 rings (SSSR count). The fourth-order valence-corrected chi connectivity index (χ4v) is 3.97. The zero-order valence-corrected chi connectivity index (χ0v) is 15.0. The molecular formula is C20H23N5O. The third-order valence-corrected chi connectivity index (χ3v) is 5.49. The quantitative estimate of drug-likeness (QED) is 0.708. The van der Waals surface area contributed by atoms with Crippen molar-refractivity contribution in [3.8, 4) is 5.75 Å². The Balaban J connectivity index is 1.42. The highest BCUT2D eigenvalue weighted by molar-refractivity contribution is 5.48. The average molecular weight is 349 g/mol. The molecule has 0 N–H and O–H groups in total. The average Bonchev–Trinajstić information content (AvgIpc) is 3.26. The van der Waals surface area contributed by atoms with Crippen LogP contribution in [0.5, 0.6) is 5.75 Å². The van der Waals surface area contributed by atoms with Gasteiger partial charge in [0.1, 0.15) is 11.6 Å². The van der Waals surface area contributed by atoms with Crippen LogP contribution < -0.4 is 9.64 Å². The standard InChI is InChI=1S/C20H23N5O/c1-26-17-6-2-4-14(13-17)12-16-5-3-11-24(16)19-10-9-18-21-22-20(15-7-8-15)25(18)23-19/h2,4,6,9-10,13,15-16H,3,5,7-8,11-12H2,1H3/t16-/m0/s1. The summed E-state index contributed by atoms with van der Waals surface area (Å²) in [6.45, 7) is 1.05. The fourth-order valence-electron chi connectivity index (χ4n) is 3.97. The normalized spacial score (nSPS) is 20.0. The van der Waals surface area contributed by atoms with Crippen molar-refractivity contribution in [1.29, 1.82) is 0 Å². The van der Waals surface area contributed by atoms with Crippen molar-refractivity contribution in [2.24, 2.45) is 0 Å². The Labute approximate surface area is 152 Å². The van der Waals surface area contributed by atoms with E-state index >= 15 is 0 Å². The first-order valence-electron chi connectivity index (χ1n) is 9.44. The molecule has 1 aromatic carbocycles. The van der Waals surface area contributed by atoms with E-state index < -0.39 is 0 Å². The van der Waals surface area contributed by atoms with Crippen molar-refractivity contribution >= 4 is 11.5 Å². The molecule has 2 aliphatic rings. The van der Waals surface area contributed by atoms with Crippen LogP contribution in [-0.2, 0) is 6.42 Å². The van der Waals surface area contributed by atoms with Crippen molar-refractivity contribution < 1.29 is 4.74 Å². The van der Waals surface area contributed by atoms with Crippen LogP contribution in [0.1, 0.15) is 43.0 Å². The summed E-state index contributed by atoms with van der Waals surface area (Å²) in [7, 11) is 1.72. The van der Waals surface area contributed by atoms with E-state index in [2.05, 4.69) is 39.4 Å². The van der Waals surface area contributed by atoms with Crippen LogP contribution in [0.2, 0.25) is 0 Å². The molecule has 2 fully saturated rings. The smallest absolute Gasteiger partial charge is 0.178 e. The van der Waals surface area contributed by atoms with Crippen LogP contribution in [0.25, 0.3) is 5.65 Å². The van der Waals surface area contributed by atoms with Crippen molar-refractivity contribution in [3.05, 3.63) is 47.8 Å². The molecular weight excluding hydrogens is 326 g/mol. The van der Waals surface area contributed by atoms with Gasteiger partial charge in [-0.05, 0) is 61.9 Å². The third-order valence-electron chi connectivity index (χ3n) is 5.49. The molecule has 0 bridgehead atoms. The van der Waals surface area contributed by atoms with Crippen LogP contribution in [0.3, 0.4) is 0 Å². The lowest BCUT2D eigenvalue weighted by Gasteiger charge is -2.26. The Morgan fingerprint density at radius 1 is 1.12 bits per heavy atom. The first kappa shape index (κ1) is 15.6. The highest BCUT2D eigenvalue weighted by atomic mass is 16.5. The van der Waals surface area contributed by atoms with E-state index in [-0.39, 0.29) is 0 Å². The van der Waals surface area contributed by atoms with E-state index in [1.165, 1.54) is 31.2 Å². The molecule has 3 heterocycles. The number of fused-ring (bicyclic) bond motifs is 1. The zero-order chi connectivity index (χ0) is 17.5. The van der Waals surface area contributed by atoms with Crippen molar-refractivity contribution in [1.82, 2.24) is 19.8 Å². The molecule has 134 valence electrons. The second kappa shape index (κ2) is 6.27. The number of aromatic nitrogens is 4. The molecule has 1 aliphatic carbocycles. The van der Waals surface area contributed by atoms with Gasteiger partial charge in [0.25, 0.3) is 0 Å². The van der Waals surface area contributed by atoms with E-state index in [1.54, 1.807) is 7.11 Å². The molecule has 6 heteroatoms. The molecule has 1 atom stereocenters. The van der Waals surface area contributed by atoms with Crippen LogP contribution in [0.15, 0.2) is 36.4 Å². The third kappa shape index (κ3) is 2.79. The van der Waals surface area contributed by atoms with Gasteiger partial charge in [0, 0.05) is 18.5 Å². The van der Waals surface area contributed by atoms with Gasteiger partial charge in [-0.25, -0.2) is 0 Å². The summed E-state index contributed by atoms with van der Waals surface area (Å²) in [5, 5.41) is 13.5. The van der Waals surface area contributed by atoms with Crippen molar-refractivity contribution in [3.63, 3.8) is 0 Å². The molecule has 0 radical (unpaired) electrons. The Kier molecular flexibility index (Phi) is 3.76. The SMILES string of the molecule is COc1cccc(C[C@@H]2CCCN2c2ccc3nnc(C4CC4)n3n2)c1. The second-order valence-corrected chi connectivity index (χ2v) is 7.34. The van der Waals surface area contributed by atoms with Gasteiger partial charge in [-0.3, -0.25) is 0 Å². The molecule has 0 amide bonds. The van der Waals surface area contributed by atoms with Gasteiger partial charge in [0.05, 0.1) is 7.11 Å². The largest absolute Gasteiger partial charge is 0.497 e. The lowest BCUT2D eigenvalue weighted by Crippen LogP contribution is -2.32. The fraction of sp³-hybridized carbons (Fsp3) is 0.450. The van der Waals surface area contributed by atoms with Crippen LogP contribution in [-0.4, -0.2) is 39.5 Å². The number of methoxy groups -OCH3 is 1. The summed E-state index contributed by atoms with van der Waals surface area (Å²) in [5.74, 6) is 3.51. The molecule has 0 unspecified atom stereocenters. The van der Waals surface area contributed by atoms with Gasteiger partial charge < -0.3 is 9.64 Å². The minimum atomic E-state index is 0.466. The van der Waals surface area contributed by atoms with E-state index in [0.29, 0.717) is 12.0 Å². The number of hydrogen-bond acceptors (Lipinski definition) is 5. The molecule has 26 heavy (non-hydrogen) atoms. The number of rotatable bonds is 5. The van der Waals surface area contributed by atoms with E-state index in [9.17, 15) is 0 Å². The summed E-state index contributed by atoms with van der Waals surface area (Å²) in [6.07, 6.45) is 5.80. The second-order valence-electron chi connectivity index (χ2n) is 7.34. The zero-order valence-electron chi connectivity index (χ0n) is 15.0. The maximum absolute atomic E-state index is 5.37. The van der Waals surface area contributed by atoms with E-state index in [1.807, 2.05) is 16.6 Å². The lowest BCUT2D eigenvalue weighted by molar-refractivity contribution is 0.414. The highest BCUT2D eigenvalue weighted by Gasteiger charge is 2.30. The topological polar surface area (TPSA) is 55.5 Å². The predicted molar refractivity (Wildman–Crippen MR) is 99.8 cm³/mol. The van der Waals surface area contributed by atoms with Gasteiger partial charge in [-0.2, -0.15) is 4.52 Å². The summed E-state index contributed by atoms with van der Waals surface area (Å²) >= 11 is 0. The lowest BCUT2D eigenvalue weighted by atomic mass is 10.0. The minimum absolute atomic E-state index is 0.466. The van der Waals surface area contributed by atoms with Gasteiger partial charge in [-0.1, -0.05) is 12.1 Å². The maximum Gasteiger partial charge on any atom is 0.178 e. The molecule has 1 aliphatic heterocycles. The van der Waals surface area contributed by atoms with Crippen LogP contribution >= 0.6 is 0 Å². The van der Waals surface area contributed by atoms with E-state index in [0.717, 1.165) is 36.0 Å². The Bertz CT molecular complexity index is 933. The van der Waals surface area contributed by atoms with Crippen LogP contribution in [0, 0.1) is 0 Å². The summed E-state index contributed by atoms with van der Waals surface area (Å²) < 4.78 is 7.32.